The maximum absolute atomic E-state index is 12.1. The van der Waals surface area contributed by atoms with Gasteiger partial charge >= 0.3 is 0 Å². The van der Waals surface area contributed by atoms with Gasteiger partial charge in [0, 0.05) is 16.6 Å². The van der Waals surface area contributed by atoms with Gasteiger partial charge in [-0.05, 0) is 48.9 Å². The molecule has 1 amide bonds. The van der Waals surface area contributed by atoms with Crippen molar-refractivity contribution >= 4 is 39.8 Å². The average molecular weight is 474 g/mol. The molecule has 0 aliphatic rings. The Labute approximate surface area is 181 Å². The van der Waals surface area contributed by atoms with Crippen LogP contribution in [0.4, 0.5) is 0 Å². The zero-order valence-corrected chi connectivity index (χ0v) is 18.4. The summed E-state index contributed by atoms with van der Waals surface area (Å²) in [7, 11) is 1.63. The Morgan fingerprint density at radius 2 is 1.93 bits per heavy atom. The zero-order valence-electron chi connectivity index (χ0n) is 16.0. The first-order valence-corrected chi connectivity index (χ1v) is 10.7. The van der Waals surface area contributed by atoms with Gasteiger partial charge in [-0.1, -0.05) is 39.8 Å². The number of hydrogen-bond acceptors (Lipinski definition) is 6. The van der Waals surface area contributed by atoms with Crippen LogP contribution in [-0.4, -0.2) is 39.7 Å². The van der Waals surface area contributed by atoms with Crippen molar-refractivity contribution in [2.45, 2.75) is 18.6 Å². The van der Waals surface area contributed by atoms with E-state index in [2.05, 4.69) is 36.7 Å². The molecule has 150 valence electrons. The Morgan fingerprint density at radius 3 is 2.59 bits per heavy atom. The Balaban J connectivity index is 1.59. The molecule has 1 N–H and O–H groups in total. The third-order valence-corrected chi connectivity index (χ3v) is 5.48. The minimum absolute atomic E-state index is 0.193. The molecule has 0 saturated heterocycles. The third-order valence-electron chi connectivity index (χ3n) is 3.99. The van der Waals surface area contributed by atoms with E-state index in [-0.39, 0.29) is 11.7 Å². The van der Waals surface area contributed by atoms with Crippen molar-refractivity contribution in [3.05, 3.63) is 58.6 Å². The van der Waals surface area contributed by atoms with Gasteiger partial charge in [-0.15, -0.1) is 10.2 Å². The summed E-state index contributed by atoms with van der Waals surface area (Å²) in [6.07, 6.45) is 1.60. The van der Waals surface area contributed by atoms with E-state index in [0.717, 1.165) is 27.2 Å². The maximum atomic E-state index is 12.1. The molecule has 9 heteroatoms. The van der Waals surface area contributed by atoms with E-state index in [0.29, 0.717) is 11.7 Å². The number of ether oxygens (including phenoxy) is 1. The summed E-state index contributed by atoms with van der Waals surface area (Å²) in [5.41, 5.74) is 4.37. The van der Waals surface area contributed by atoms with Gasteiger partial charge in [-0.25, -0.2) is 5.43 Å². The maximum Gasteiger partial charge on any atom is 0.250 e. The number of amides is 1. The lowest BCUT2D eigenvalue weighted by atomic mass is 10.2. The van der Waals surface area contributed by atoms with Crippen LogP contribution in [0.15, 0.2) is 63.3 Å². The predicted molar refractivity (Wildman–Crippen MR) is 118 cm³/mol. The number of carbonyl (C=O) groups excluding carboxylic acids is 1. The molecule has 2 aromatic carbocycles. The van der Waals surface area contributed by atoms with Crippen molar-refractivity contribution < 1.29 is 9.53 Å². The standard InChI is InChI=1S/C20H20BrN5O2S/c1-3-26-19(15-6-10-17(28-2)11-7-15)24-25-20(26)29-13-18(27)23-22-12-14-4-8-16(21)9-5-14/h4-12H,3,13H2,1-2H3,(H,23,27). The number of benzene rings is 2. The lowest BCUT2D eigenvalue weighted by Crippen LogP contribution is -2.20. The zero-order chi connectivity index (χ0) is 20.6. The van der Waals surface area contributed by atoms with E-state index in [4.69, 9.17) is 4.74 Å². The number of nitrogens with one attached hydrogen (secondary N) is 1. The number of thioether (sulfide) groups is 1. The lowest BCUT2D eigenvalue weighted by Gasteiger charge is -2.07. The van der Waals surface area contributed by atoms with Crippen molar-refractivity contribution in [1.82, 2.24) is 20.2 Å². The lowest BCUT2D eigenvalue weighted by molar-refractivity contribution is -0.118. The third kappa shape index (κ3) is 5.68. The normalized spacial score (nSPS) is 11.0. The van der Waals surface area contributed by atoms with Gasteiger partial charge in [0.15, 0.2) is 11.0 Å². The second-order valence-electron chi connectivity index (χ2n) is 5.91. The van der Waals surface area contributed by atoms with Crippen LogP contribution in [0.3, 0.4) is 0 Å². The SMILES string of the molecule is CCn1c(SCC(=O)NN=Cc2ccc(Br)cc2)nnc1-c1ccc(OC)cc1. The van der Waals surface area contributed by atoms with E-state index >= 15 is 0 Å². The molecular formula is C20H20BrN5O2S. The monoisotopic (exact) mass is 473 g/mol. The molecule has 3 rings (SSSR count). The Morgan fingerprint density at radius 1 is 1.21 bits per heavy atom. The fourth-order valence-corrected chi connectivity index (χ4v) is 3.58. The van der Waals surface area contributed by atoms with E-state index in [1.165, 1.54) is 11.8 Å². The highest BCUT2D eigenvalue weighted by Crippen LogP contribution is 2.25. The Hall–Kier alpha value is -2.65. The summed E-state index contributed by atoms with van der Waals surface area (Å²) in [4.78, 5) is 12.1. The second-order valence-corrected chi connectivity index (χ2v) is 7.77. The molecular weight excluding hydrogens is 454 g/mol. The smallest absolute Gasteiger partial charge is 0.250 e. The van der Waals surface area contributed by atoms with Crippen LogP contribution < -0.4 is 10.2 Å². The largest absolute Gasteiger partial charge is 0.497 e. The predicted octanol–water partition coefficient (Wildman–Crippen LogP) is 3.98. The molecule has 0 radical (unpaired) electrons. The molecule has 1 heterocycles. The van der Waals surface area contributed by atoms with Gasteiger partial charge in [-0.2, -0.15) is 5.10 Å². The first-order valence-electron chi connectivity index (χ1n) is 8.88. The van der Waals surface area contributed by atoms with Gasteiger partial charge in [0.1, 0.15) is 5.75 Å². The van der Waals surface area contributed by atoms with E-state index < -0.39 is 0 Å². The number of nitrogens with zero attached hydrogens (tertiary/aromatic N) is 4. The molecule has 29 heavy (non-hydrogen) atoms. The molecule has 0 saturated carbocycles. The van der Waals surface area contributed by atoms with Crippen molar-refractivity contribution in [3.63, 3.8) is 0 Å². The molecule has 3 aromatic rings. The van der Waals surface area contributed by atoms with Gasteiger partial charge in [0.05, 0.1) is 19.1 Å². The number of methoxy groups -OCH3 is 1. The van der Waals surface area contributed by atoms with Crippen LogP contribution in [0, 0.1) is 0 Å². The van der Waals surface area contributed by atoms with Crippen LogP contribution in [0.1, 0.15) is 12.5 Å². The first kappa shape index (κ1) is 21.1. The molecule has 0 fully saturated rings. The number of rotatable bonds is 8. The highest BCUT2D eigenvalue weighted by atomic mass is 79.9. The quantitative estimate of drug-likeness (QED) is 0.304. The number of carbonyl (C=O) groups is 1. The van der Waals surface area contributed by atoms with Gasteiger partial charge < -0.3 is 9.30 Å². The van der Waals surface area contributed by atoms with Crippen LogP contribution in [-0.2, 0) is 11.3 Å². The Kier molecular flexibility index (Phi) is 7.42. The summed E-state index contributed by atoms with van der Waals surface area (Å²) < 4.78 is 8.16. The molecule has 0 aliphatic carbocycles. The summed E-state index contributed by atoms with van der Waals surface area (Å²) in [5.74, 6) is 1.52. The average Bonchev–Trinajstić information content (AvgIpc) is 3.16. The highest BCUT2D eigenvalue weighted by molar-refractivity contribution is 9.10. The fourth-order valence-electron chi connectivity index (χ4n) is 2.52. The number of aromatic nitrogens is 3. The number of hydrogen-bond donors (Lipinski definition) is 1. The summed E-state index contributed by atoms with van der Waals surface area (Å²) >= 11 is 4.70. The molecule has 0 bridgehead atoms. The van der Waals surface area contributed by atoms with Gasteiger partial charge in [-0.3, -0.25) is 4.79 Å². The summed E-state index contributed by atoms with van der Waals surface area (Å²) in [6, 6.07) is 15.3. The summed E-state index contributed by atoms with van der Waals surface area (Å²) in [5, 5.41) is 13.2. The molecule has 0 aliphatic heterocycles. The molecule has 7 nitrogen and oxygen atoms in total. The fraction of sp³-hybridized carbons (Fsp3) is 0.200. The van der Waals surface area contributed by atoms with Crippen molar-refractivity contribution in [2.75, 3.05) is 12.9 Å². The van der Waals surface area contributed by atoms with Crippen molar-refractivity contribution in [2.24, 2.45) is 5.10 Å². The van der Waals surface area contributed by atoms with E-state index in [1.807, 2.05) is 60.0 Å². The highest BCUT2D eigenvalue weighted by Gasteiger charge is 2.14. The van der Waals surface area contributed by atoms with Crippen LogP contribution in [0.2, 0.25) is 0 Å². The minimum Gasteiger partial charge on any atom is -0.497 e. The first-order chi connectivity index (χ1) is 14.1. The molecule has 0 atom stereocenters. The number of hydrazone groups is 1. The topological polar surface area (TPSA) is 81.4 Å². The number of halogens is 1. The van der Waals surface area contributed by atoms with Crippen LogP contribution >= 0.6 is 27.7 Å². The second kappa shape index (κ2) is 10.2. The van der Waals surface area contributed by atoms with E-state index in [9.17, 15) is 4.79 Å². The molecule has 0 unspecified atom stereocenters. The van der Waals surface area contributed by atoms with Crippen molar-refractivity contribution in [1.29, 1.82) is 0 Å². The van der Waals surface area contributed by atoms with Crippen LogP contribution in [0.5, 0.6) is 5.75 Å². The van der Waals surface area contributed by atoms with Gasteiger partial charge in [0.25, 0.3) is 5.91 Å². The molecule has 0 spiro atoms. The van der Waals surface area contributed by atoms with Gasteiger partial charge in [0.2, 0.25) is 0 Å². The van der Waals surface area contributed by atoms with Crippen molar-refractivity contribution in [3.8, 4) is 17.1 Å². The molecule has 1 aromatic heterocycles. The van der Waals surface area contributed by atoms with E-state index in [1.54, 1.807) is 13.3 Å². The Bertz CT molecular complexity index is 987. The minimum atomic E-state index is -0.208. The summed E-state index contributed by atoms with van der Waals surface area (Å²) in [6.45, 7) is 2.71. The van der Waals surface area contributed by atoms with Crippen LogP contribution in [0.25, 0.3) is 11.4 Å².